The average Bonchev–Trinajstić information content (AvgIpc) is 3.31. The Hall–Kier alpha value is -3.18. The fraction of sp³-hybridized carbons (Fsp3) is 0.267. The molecule has 2 N–H and O–H groups in total. The highest BCUT2D eigenvalue weighted by Crippen LogP contribution is 2.45. The summed E-state index contributed by atoms with van der Waals surface area (Å²) in [6.45, 7) is 3.60. The van der Waals surface area contributed by atoms with Gasteiger partial charge in [0.05, 0.1) is 25.4 Å². The number of nitrogens with two attached hydrogens (primary N) is 1. The molecule has 0 bridgehead atoms. The van der Waals surface area contributed by atoms with E-state index >= 15 is 0 Å². The van der Waals surface area contributed by atoms with E-state index in [0.717, 1.165) is 39.2 Å². The van der Waals surface area contributed by atoms with Gasteiger partial charge in [0.15, 0.2) is 0 Å². The lowest BCUT2D eigenvalue weighted by Gasteiger charge is -2.36. The van der Waals surface area contributed by atoms with Crippen LogP contribution < -0.4 is 10.6 Å². The second-order valence-electron chi connectivity index (χ2n) is 10.7. The molecule has 3 aromatic carbocycles. The molecule has 1 aliphatic heterocycles. The van der Waals surface area contributed by atoms with Crippen LogP contribution in [0.2, 0.25) is 5.02 Å². The van der Waals surface area contributed by atoms with Crippen LogP contribution in [0.15, 0.2) is 79.3 Å². The smallest absolute Gasteiger partial charge is 0.227 e. The summed E-state index contributed by atoms with van der Waals surface area (Å²) in [6.07, 6.45) is 4.38. The minimum Gasteiger partial charge on any atom is -0.336 e. The van der Waals surface area contributed by atoms with Crippen LogP contribution in [0.4, 0.5) is 5.69 Å². The summed E-state index contributed by atoms with van der Waals surface area (Å²) in [5, 5.41) is 0.599. The van der Waals surface area contributed by atoms with Crippen molar-refractivity contribution in [3.05, 3.63) is 118 Å². The van der Waals surface area contributed by atoms with Crippen LogP contribution in [-0.4, -0.2) is 35.8 Å². The van der Waals surface area contributed by atoms with Crippen LogP contribution in [0.1, 0.15) is 45.8 Å². The topological polar surface area (TPSA) is 81.2 Å². The first kappa shape index (κ1) is 26.4. The molecule has 0 aliphatic carbocycles. The molecule has 4 aromatic rings. The van der Waals surface area contributed by atoms with Gasteiger partial charge in [0.1, 0.15) is 5.54 Å². The van der Waals surface area contributed by atoms with Crippen molar-refractivity contribution in [2.45, 2.75) is 24.0 Å². The fourth-order valence-corrected chi connectivity index (χ4v) is 6.79. The van der Waals surface area contributed by atoms with Crippen LogP contribution in [0.5, 0.6) is 0 Å². The van der Waals surface area contributed by atoms with Crippen molar-refractivity contribution in [1.29, 1.82) is 0 Å². The molecule has 8 heteroatoms. The molecule has 0 saturated carbocycles. The molecule has 2 atom stereocenters. The number of nitrogens with zero attached hydrogens (tertiary/aromatic N) is 3. The van der Waals surface area contributed by atoms with Crippen molar-refractivity contribution < 1.29 is 9.36 Å². The van der Waals surface area contributed by atoms with E-state index in [4.69, 9.17) is 17.3 Å². The number of imidazole rings is 1. The summed E-state index contributed by atoms with van der Waals surface area (Å²) in [4.78, 5) is 19.1. The lowest BCUT2D eigenvalue weighted by atomic mass is 9.77. The van der Waals surface area contributed by atoms with Gasteiger partial charge in [-0.25, -0.2) is 4.98 Å². The van der Waals surface area contributed by atoms with E-state index in [9.17, 15) is 9.36 Å². The molecule has 0 spiro atoms. The molecule has 6 nitrogen and oxygen atoms in total. The van der Waals surface area contributed by atoms with Crippen LogP contribution >= 0.6 is 18.7 Å². The summed E-state index contributed by atoms with van der Waals surface area (Å²) in [5.41, 5.74) is 12.7. The Balaban J connectivity index is 1.70. The van der Waals surface area contributed by atoms with Gasteiger partial charge in [0.25, 0.3) is 0 Å². The minimum absolute atomic E-state index is 0.0535. The standard InChI is InChI=1S/C30H32ClN4O2P/c1-34-19-33-17-28(34)30(32,22-9-6-10-24(31)14-22)23-11-12-27-26(15-23)25(16-29(36)35(27)2)21-8-5-7-20(13-21)18-38(3,4)37/h5-15,17,19,25H,16,18,32H2,1-4H3. The number of aromatic nitrogens is 2. The molecule has 5 rings (SSSR count). The van der Waals surface area contributed by atoms with E-state index in [1.165, 1.54) is 0 Å². The van der Waals surface area contributed by atoms with Gasteiger partial charge in [-0.1, -0.05) is 60.1 Å². The lowest BCUT2D eigenvalue weighted by molar-refractivity contribution is -0.118. The number of amides is 1. The third kappa shape index (κ3) is 4.84. The predicted molar refractivity (Wildman–Crippen MR) is 155 cm³/mol. The summed E-state index contributed by atoms with van der Waals surface area (Å²) in [6, 6.07) is 21.8. The van der Waals surface area contributed by atoms with E-state index in [0.29, 0.717) is 17.6 Å². The highest BCUT2D eigenvalue weighted by atomic mass is 35.5. The van der Waals surface area contributed by atoms with Gasteiger partial charge in [0.2, 0.25) is 5.91 Å². The summed E-state index contributed by atoms with van der Waals surface area (Å²) < 4.78 is 14.4. The molecule has 2 unspecified atom stereocenters. The largest absolute Gasteiger partial charge is 0.336 e. The Morgan fingerprint density at radius 2 is 1.79 bits per heavy atom. The number of aryl methyl sites for hydroxylation is 1. The number of fused-ring (bicyclic) bond motifs is 1. The first-order valence-electron chi connectivity index (χ1n) is 12.5. The van der Waals surface area contributed by atoms with Crippen molar-refractivity contribution in [2.75, 3.05) is 25.3 Å². The van der Waals surface area contributed by atoms with E-state index < -0.39 is 12.7 Å². The summed E-state index contributed by atoms with van der Waals surface area (Å²) in [5.74, 6) is -0.102. The Kier molecular flexibility index (Phi) is 6.85. The molecule has 0 saturated heterocycles. The number of hydrogen-bond donors (Lipinski definition) is 1. The van der Waals surface area contributed by atoms with Gasteiger partial charge in [-0.3, -0.25) is 4.79 Å². The zero-order valence-electron chi connectivity index (χ0n) is 22.1. The van der Waals surface area contributed by atoms with Crippen LogP contribution in [-0.2, 0) is 28.1 Å². The van der Waals surface area contributed by atoms with Gasteiger partial charge in [-0.05, 0) is 59.3 Å². The third-order valence-corrected chi connectivity index (χ3v) is 8.75. The van der Waals surface area contributed by atoms with Crippen LogP contribution in [0.25, 0.3) is 0 Å². The first-order valence-corrected chi connectivity index (χ1v) is 15.7. The molecule has 38 heavy (non-hydrogen) atoms. The monoisotopic (exact) mass is 546 g/mol. The Morgan fingerprint density at radius 3 is 2.47 bits per heavy atom. The number of hydrogen-bond acceptors (Lipinski definition) is 4. The molecule has 0 fully saturated rings. The predicted octanol–water partition coefficient (Wildman–Crippen LogP) is 5.95. The zero-order valence-corrected chi connectivity index (χ0v) is 23.7. The highest BCUT2D eigenvalue weighted by Gasteiger charge is 2.38. The van der Waals surface area contributed by atoms with Crippen molar-refractivity contribution in [1.82, 2.24) is 9.55 Å². The lowest BCUT2D eigenvalue weighted by Crippen LogP contribution is -2.41. The molecule has 2 heterocycles. The molecule has 1 amide bonds. The average molecular weight is 547 g/mol. The van der Waals surface area contributed by atoms with E-state index in [-0.39, 0.29) is 11.8 Å². The van der Waals surface area contributed by atoms with Gasteiger partial charge in [0, 0.05) is 43.3 Å². The molecule has 1 aliphatic rings. The molecule has 196 valence electrons. The van der Waals surface area contributed by atoms with E-state index in [1.54, 1.807) is 30.8 Å². The quantitative estimate of drug-likeness (QED) is 0.303. The Labute approximate surface area is 228 Å². The zero-order chi connectivity index (χ0) is 27.2. The number of anilines is 1. The second kappa shape index (κ2) is 9.85. The van der Waals surface area contributed by atoms with Crippen LogP contribution in [0.3, 0.4) is 0 Å². The highest BCUT2D eigenvalue weighted by molar-refractivity contribution is 7.61. The Morgan fingerprint density at radius 1 is 1.05 bits per heavy atom. The third-order valence-electron chi connectivity index (χ3n) is 7.39. The number of carbonyl (C=O) groups excluding carboxylic acids is 1. The van der Waals surface area contributed by atoms with Gasteiger partial charge in [-0.15, -0.1) is 0 Å². The SMILES string of the molecule is CN1C(=O)CC(c2cccc(CP(C)(C)=O)c2)c2cc(C(N)(c3cccc(Cl)c3)c3cncn3C)ccc21. The number of halogens is 1. The van der Waals surface area contributed by atoms with Crippen molar-refractivity contribution in [2.24, 2.45) is 12.8 Å². The van der Waals surface area contributed by atoms with Gasteiger partial charge in [-0.2, -0.15) is 0 Å². The molecule has 1 aromatic heterocycles. The van der Waals surface area contributed by atoms with Crippen molar-refractivity contribution in [3.63, 3.8) is 0 Å². The van der Waals surface area contributed by atoms with Gasteiger partial charge < -0.3 is 19.8 Å². The summed E-state index contributed by atoms with van der Waals surface area (Å²) in [7, 11) is 1.49. The Bertz CT molecular complexity index is 1580. The van der Waals surface area contributed by atoms with E-state index in [1.807, 2.05) is 73.3 Å². The minimum atomic E-state index is -2.25. The van der Waals surface area contributed by atoms with Crippen molar-refractivity contribution >= 4 is 30.3 Å². The molecular formula is C30H32ClN4O2P. The van der Waals surface area contributed by atoms with Crippen LogP contribution in [0, 0.1) is 0 Å². The number of rotatable bonds is 6. The second-order valence-corrected chi connectivity index (χ2v) is 14.6. The maximum atomic E-state index is 13.1. The summed E-state index contributed by atoms with van der Waals surface area (Å²) >= 11 is 6.41. The number of carbonyl (C=O) groups is 1. The van der Waals surface area contributed by atoms with E-state index in [2.05, 4.69) is 17.1 Å². The van der Waals surface area contributed by atoms with Gasteiger partial charge >= 0.3 is 0 Å². The molecular weight excluding hydrogens is 515 g/mol. The maximum absolute atomic E-state index is 13.1. The molecule has 0 radical (unpaired) electrons. The first-order chi connectivity index (χ1) is 18.0. The normalized spacial score (nSPS) is 17.3. The van der Waals surface area contributed by atoms with Crippen molar-refractivity contribution in [3.8, 4) is 0 Å². The number of benzene rings is 3. The maximum Gasteiger partial charge on any atom is 0.227 e. The fourth-order valence-electron chi connectivity index (χ4n) is 5.52.